The average Bonchev–Trinajstić information content (AvgIpc) is 3.70. The second-order valence-corrected chi connectivity index (χ2v) is 9.97. The van der Waals surface area contributed by atoms with E-state index in [1.165, 1.54) is 34.6 Å². The minimum absolute atomic E-state index is 0.0650. The van der Waals surface area contributed by atoms with E-state index in [9.17, 15) is 14.0 Å². The molecular weight excluding hydrogens is 541 g/mol. The molecule has 8 nitrogen and oxygen atoms in total. The van der Waals surface area contributed by atoms with E-state index in [1.807, 2.05) is 47.8 Å². The Morgan fingerprint density at radius 1 is 0.927 bits per heavy atom. The molecule has 10 heteroatoms. The van der Waals surface area contributed by atoms with E-state index >= 15 is 0 Å². The molecule has 41 heavy (non-hydrogen) atoms. The van der Waals surface area contributed by atoms with Gasteiger partial charge in [-0.1, -0.05) is 42.5 Å². The Morgan fingerprint density at radius 3 is 2.59 bits per heavy atom. The Labute approximate surface area is 238 Å². The third-order valence-corrected chi connectivity index (χ3v) is 7.24. The summed E-state index contributed by atoms with van der Waals surface area (Å²) in [5.41, 5.74) is 4.71. The van der Waals surface area contributed by atoms with Crippen LogP contribution in [0.5, 0.6) is 0 Å². The molecule has 0 spiro atoms. The van der Waals surface area contributed by atoms with E-state index in [1.54, 1.807) is 36.7 Å². The first-order chi connectivity index (χ1) is 20.0. The summed E-state index contributed by atoms with van der Waals surface area (Å²) in [5, 5.41) is 3.23. The Balaban J connectivity index is 1.20. The lowest BCUT2D eigenvalue weighted by Crippen LogP contribution is -2.34. The van der Waals surface area contributed by atoms with Crippen LogP contribution in [0.2, 0.25) is 0 Å². The summed E-state index contributed by atoms with van der Waals surface area (Å²) in [7, 11) is 0. The Kier molecular flexibility index (Phi) is 7.29. The second kappa shape index (κ2) is 11.5. The van der Waals surface area contributed by atoms with E-state index < -0.39 is 18.5 Å². The van der Waals surface area contributed by atoms with Crippen LogP contribution in [0.15, 0.2) is 103 Å². The molecule has 1 N–H and O–H groups in total. The molecule has 202 valence electrons. The molecule has 0 saturated heterocycles. The monoisotopic (exact) mass is 563 g/mol. The number of esters is 1. The number of hydrogen-bond donors (Lipinski definition) is 1. The number of hydrogen-bond acceptors (Lipinski definition) is 7. The summed E-state index contributed by atoms with van der Waals surface area (Å²) in [6.07, 6.45) is 5.02. The molecule has 2 aromatic carbocycles. The zero-order chi connectivity index (χ0) is 28.2. The first-order valence-electron chi connectivity index (χ1n) is 12.7. The van der Waals surface area contributed by atoms with Gasteiger partial charge in [0.15, 0.2) is 11.7 Å². The number of thiazole rings is 1. The molecule has 0 bridgehead atoms. The lowest BCUT2D eigenvalue weighted by molar-refractivity contribution is -0.121. The number of nitrogens with zero attached hydrogens (tertiary/aromatic N) is 4. The fourth-order valence-electron chi connectivity index (χ4n) is 4.26. The first-order valence-corrected chi connectivity index (χ1v) is 13.5. The first kappa shape index (κ1) is 26.0. The zero-order valence-electron chi connectivity index (χ0n) is 21.5. The van der Waals surface area contributed by atoms with Crippen LogP contribution in [0.1, 0.15) is 16.1 Å². The molecule has 1 amide bonds. The molecule has 0 atom stereocenters. The molecule has 0 fully saturated rings. The largest absolute Gasteiger partial charge is 0.451 e. The van der Waals surface area contributed by atoms with Gasteiger partial charge in [-0.3, -0.25) is 9.69 Å². The Morgan fingerprint density at radius 2 is 1.76 bits per heavy atom. The zero-order valence-corrected chi connectivity index (χ0v) is 22.3. The normalized spacial score (nSPS) is 11.0. The van der Waals surface area contributed by atoms with Crippen LogP contribution < -0.4 is 4.90 Å². The van der Waals surface area contributed by atoms with Crippen molar-refractivity contribution in [2.45, 2.75) is 6.54 Å². The van der Waals surface area contributed by atoms with Gasteiger partial charge < -0.3 is 9.72 Å². The molecule has 0 aliphatic carbocycles. The highest BCUT2D eigenvalue weighted by Gasteiger charge is 2.22. The molecule has 0 aliphatic heterocycles. The van der Waals surface area contributed by atoms with Crippen LogP contribution in [-0.4, -0.2) is 38.4 Å². The molecule has 4 aromatic heterocycles. The summed E-state index contributed by atoms with van der Waals surface area (Å²) >= 11 is 1.29. The summed E-state index contributed by atoms with van der Waals surface area (Å²) in [6, 6.07) is 22.7. The fourth-order valence-corrected chi connectivity index (χ4v) is 5.11. The van der Waals surface area contributed by atoms with E-state index in [2.05, 4.69) is 19.9 Å². The number of carbonyl (C=O) groups excluding carboxylic acids is 2. The van der Waals surface area contributed by atoms with E-state index in [0.29, 0.717) is 16.4 Å². The number of rotatable bonds is 8. The van der Waals surface area contributed by atoms with Crippen molar-refractivity contribution in [3.05, 3.63) is 120 Å². The molecular formula is C31H22FN5O3S. The van der Waals surface area contributed by atoms with Crippen molar-refractivity contribution in [3.8, 4) is 22.4 Å². The van der Waals surface area contributed by atoms with Crippen LogP contribution in [0.4, 0.5) is 9.52 Å². The lowest BCUT2D eigenvalue weighted by Gasteiger charge is -2.20. The summed E-state index contributed by atoms with van der Waals surface area (Å²) in [5.74, 6) is -1.59. The van der Waals surface area contributed by atoms with Gasteiger partial charge >= 0.3 is 5.97 Å². The molecule has 0 radical (unpaired) electrons. The van der Waals surface area contributed by atoms with Crippen molar-refractivity contribution in [1.29, 1.82) is 0 Å². The van der Waals surface area contributed by atoms with Crippen molar-refractivity contribution in [3.63, 3.8) is 0 Å². The van der Waals surface area contributed by atoms with Crippen LogP contribution >= 0.6 is 11.3 Å². The van der Waals surface area contributed by atoms with Crippen LogP contribution in [-0.2, 0) is 16.1 Å². The van der Waals surface area contributed by atoms with Gasteiger partial charge in [0.2, 0.25) is 0 Å². The summed E-state index contributed by atoms with van der Waals surface area (Å²) < 4.78 is 18.9. The van der Waals surface area contributed by atoms with Gasteiger partial charge in [0.25, 0.3) is 5.91 Å². The van der Waals surface area contributed by atoms with E-state index in [0.717, 1.165) is 27.7 Å². The maximum atomic E-state index is 13.5. The number of ether oxygens (including phenoxy) is 1. The van der Waals surface area contributed by atoms with Crippen molar-refractivity contribution in [2.24, 2.45) is 0 Å². The molecule has 0 unspecified atom stereocenters. The predicted molar refractivity (Wildman–Crippen MR) is 155 cm³/mol. The number of fused-ring (bicyclic) bond motifs is 1. The highest BCUT2D eigenvalue weighted by Crippen LogP contribution is 2.29. The topological polar surface area (TPSA) is 101 Å². The number of nitrogens with one attached hydrogen (secondary N) is 1. The van der Waals surface area contributed by atoms with Crippen molar-refractivity contribution in [2.75, 3.05) is 11.5 Å². The van der Waals surface area contributed by atoms with Crippen LogP contribution in [0.25, 0.3) is 33.4 Å². The average molecular weight is 564 g/mol. The third kappa shape index (κ3) is 5.87. The van der Waals surface area contributed by atoms with E-state index in [-0.39, 0.29) is 18.1 Å². The van der Waals surface area contributed by atoms with Gasteiger partial charge in [-0.2, -0.15) is 0 Å². The quantitative estimate of drug-likeness (QED) is 0.219. The number of H-pyrrole nitrogens is 1. The fraction of sp³-hybridized carbons (Fsp3) is 0.0645. The molecule has 6 aromatic rings. The minimum Gasteiger partial charge on any atom is -0.451 e. The van der Waals surface area contributed by atoms with Crippen molar-refractivity contribution >= 4 is 39.4 Å². The molecule has 0 aliphatic rings. The number of aromatic amines is 1. The smallest absolute Gasteiger partial charge is 0.357 e. The van der Waals surface area contributed by atoms with Gasteiger partial charge in [-0.25, -0.2) is 24.1 Å². The maximum absolute atomic E-state index is 13.5. The predicted octanol–water partition coefficient (Wildman–Crippen LogP) is 6.28. The molecule has 6 rings (SSSR count). The van der Waals surface area contributed by atoms with Gasteiger partial charge in [-0.05, 0) is 47.5 Å². The van der Waals surface area contributed by atoms with E-state index in [4.69, 9.17) is 4.74 Å². The number of amides is 1. The second-order valence-electron chi connectivity index (χ2n) is 9.13. The van der Waals surface area contributed by atoms with Crippen molar-refractivity contribution in [1.82, 2.24) is 19.9 Å². The maximum Gasteiger partial charge on any atom is 0.357 e. The van der Waals surface area contributed by atoms with Gasteiger partial charge in [0.1, 0.15) is 17.2 Å². The van der Waals surface area contributed by atoms with Gasteiger partial charge in [-0.15, -0.1) is 11.3 Å². The Hall–Kier alpha value is -5.22. The number of benzene rings is 2. The number of carbonyl (C=O) groups is 2. The molecule has 4 heterocycles. The Bertz CT molecular complexity index is 1840. The highest BCUT2D eigenvalue weighted by molar-refractivity contribution is 7.14. The minimum atomic E-state index is -0.735. The van der Waals surface area contributed by atoms with Crippen LogP contribution in [0.3, 0.4) is 0 Å². The van der Waals surface area contributed by atoms with Crippen LogP contribution in [0, 0.1) is 5.82 Å². The number of halogens is 1. The number of pyridine rings is 2. The standard InChI is InChI=1S/C31H22FN5O3S/c32-25-8-6-20(7-9-25)17-37(31-36-27(19-41-31)21-4-2-1-3-5-21)28(38)18-40-30(39)26-15-22(10-12-33-26)24-14-23-11-13-34-29(23)35-16-24/h1-16,19H,17-18H2,(H,34,35). The molecule has 0 saturated carbocycles. The van der Waals surface area contributed by atoms with Crippen molar-refractivity contribution < 1.29 is 18.7 Å². The SMILES string of the molecule is O=C(OCC(=O)N(Cc1ccc(F)cc1)c1nc(-c2ccccc2)cs1)c1cc(-c2cnc3[nH]ccc3c2)ccn1. The van der Waals surface area contributed by atoms with Gasteiger partial charge in [0, 0.05) is 40.5 Å². The highest BCUT2D eigenvalue weighted by atomic mass is 32.1. The van der Waals surface area contributed by atoms with Gasteiger partial charge in [0.05, 0.1) is 12.2 Å². The lowest BCUT2D eigenvalue weighted by atomic mass is 10.1. The number of anilines is 1. The summed E-state index contributed by atoms with van der Waals surface area (Å²) in [4.78, 5) is 44.0. The summed E-state index contributed by atoms with van der Waals surface area (Å²) in [6.45, 7) is -0.399. The third-order valence-electron chi connectivity index (χ3n) is 6.38. The number of aromatic nitrogens is 4.